The van der Waals surface area contributed by atoms with E-state index in [1.54, 1.807) is 45.9 Å². The van der Waals surface area contributed by atoms with Crippen molar-refractivity contribution in [1.82, 2.24) is 10.2 Å². The number of phenolic OH excluding ortho intramolecular Hbond substituents is 1. The molecule has 8 heteroatoms. The second-order valence-electron chi connectivity index (χ2n) is 10.5. The van der Waals surface area contributed by atoms with Gasteiger partial charge in [-0.15, -0.1) is 0 Å². The first kappa shape index (κ1) is 28.7. The monoisotopic (exact) mass is 497 g/mol. The highest BCUT2D eigenvalue weighted by Crippen LogP contribution is 2.33. The fourth-order valence-electron chi connectivity index (χ4n) is 3.69. The first-order valence-corrected chi connectivity index (χ1v) is 12.1. The molecule has 36 heavy (non-hydrogen) atoms. The van der Waals surface area contributed by atoms with Crippen molar-refractivity contribution in [3.8, 4) is 5.75 Å². The number of benzene rings is 2. The van der Waals surface area contributed by atoms with Crippen LogP contribution in [0.1, 0.15) is 72.1 Å². The summed E-state index contributed by atoms with van der Waals surface area (Å²) >= 11 is 0. The van der Waals surface area contributed by atoms with Gasteiger partial charge in [0.1, 0.15) is 23.4 Å². The molecule has 0 heterocycles. The van der Waals surface area contributed by atoms with Gasteiger partial charge < -0.3 is 25.4 Å². The van der Waals surface area contributed by atoms with Crippen molar-refractivity contribution in [2.24, 2.45) is 0 Å². The standard InChI is InChI=1S/C28H39N3O5/c1-9-28(7,8)31(25(34)19(3)29-26(35)36-27(4,5)6)23(20-14-16-21(32)17-15-20)24(33)30-22-13-11-10-12-18(22)2/h10-17,19,23,32H,9H2,1-8H3,(H,29,35)(H,30,33). The number of ether oxygens (including phenoxy) is 1. The Kier molecular flexibility index (Phi) is 9.13. The number of carbonyl (C=O) groups excluding carboxylic acids is 3. The van der Waals surface area contributed by atoms with Crippen LogP contribution in [0.25, 0.3) is 0 Å². The van der Waals surface area contributed by atoms with Crippen LogP contribution >= 0.6 is 0 Å². The van der Waals surface area contributed by atoms with Crippen LogP contribution < -0.4 is 10.6 Å². The minimum Gasteiger partial charge on any atom is -0.508 e. The molecule has 2 atom stereocenters. The van der Waals surface area contributed by atoms with E-state index in [1.807, 2.05) is 45.9 Å². The third-order valence-corrected chi connectivity index (χ3v) is 5.98. The molecule has 2 aromatic carbocycles. The molecule has 0 fully saturated rings. The quantitative estimate of drug-likeness (QED) is 0.458. The molecular weight excluding hydrogens is 458 g/mol. The highest BCUT2D eigenvalue weighted by atomic mass is 16.6. The Bertz CT molecular complexity index is 1070. The minimum atomic E-state index is -1.03. The van der Waals surface area contributed by atoms with Gasteiger partial charge >= 0.3 is 6.09 Å². The Morgan fingerprint density at radius 3 is 2.11 bits per heavy atom. The molecule has 0 saturated carbocycles. The zero-order valence-corrected chi connectivity index (χ0v) is 22.5. The van der Waals surface area contributed by atoms with Gasteiger partial charge in [-0.3, -0.25) is 9.59 Å². The van der Waals surface area contributed by atoms with Crippen molar-refractivity contribution in [2.75, 3.05) is 5.32 Å². The zero-order chi connectivity index (χ0) is 27.3. The van der Waals surface area contributed by atoms with Crippen LogP contribution in [0.3, 0.4) is 0 Å². The Balaban J connectivity index is 2.53. The summed E-state index contributed by atoms with van der Waals surface area (Å²) in [6, 6.07) is 11.6. The molecule has 2 unspecified atom stereocenters. The minimum absolute atomic E-state index is 0.0457. The van der Waals surface area contributed by atoms with E-state index in [9.17, 15) is 19.5 Å². The summed E-state index contributed by atoms with van der Waals surface area (Å²) in [6.07, 6.45) is -0.174. The summed E-state index contributed by atoms with van der Waals surface area (Å²) in [7, 11) is 0. The molecule has 0 radical (unpaired) electrons. The van der Waals surface area contributed by atoms with Gasteiger partial charge in [0.15, 0.2) is 0 Å². The van der Waals surface area contributed by atoms with Gasteiger partial charge in [-0.05, 0) is 84.2 Å². The number of nitrogens with one attached hydrogen (secondary N) is 2. The molecule has 8 nitrogen and oxygen atoms in total. The molecule has 0 aliphatic carbocycles. The number of rotatable bonds is 8. The lowest BCUT2D eigenvalue weighted by atomic mass is 9.92. The van der Waals surface area contributed by atoms with Gasteiger partial charge in [-0.2, -0.15) is 0 Å². The van der Waals surface area contributed by atoms with Crippen LogP contribution in [0.4, 0.5) is 10.5 Å². The summed E-state index contributed by atoms with van der Waals surface area (Å²) in [6.45, 7) is 14.3. The maximum atomic E-state index is 13.9. The Labute approximate surface area is 214 Å². The molecule has 0 aromatic heterocycles. The molecule has 3 amide bonds. The van der Waals surface area contributed by atoms with Gasteiger partial charge in [0.25, 0.3) is 5.91 Å². The van der Waals surface area contributed by atoms with Crippen molar-refractivity contribution in [3.05, 3.63) is 59.7 Å². The predicted octanol–water partition coefficient (Wildman–Crippen LogP) is 5.31. The van der Waals surface area contributed by atoms with Gasteiger partial charge in [0, 0.05) is 11.2 Å². The van der Waals surface area contributed by atoms with E-state index in [2.05, 4.69) is 10.6 Å². The van der Waals surface area contributed by atoms with Crippen LogP contribution in [0, 0.1) is 6.92 Å². The Morgan fingerprint density at radius 1 is 1.00 bits per heavy atom. The lowest BCUT2D eigenvalue weighted by Crippen LogP contribution is -2.58. The fraction of sp³-hybridized carbons (Fsp3) is 0.464. The number of para-hydroxylation sites is 1. The summed E-state index contributed by atoms with van der Waals surface area (Å²) in [5.74, 6) is -0.801. The highest BCUT2D eigenvalue weighted by molar-refractivity contribution is 5.99. The molecule has 0 aliphatic heterocycles. The van der Waals surface area contributed by atoms with Gasteiger partial charge in [0.2, 0.25) is 5.91 Å². The number of hydrogen-bond acceptors (Lipinski definition) is 5. The van der Waals surface area contributed by atoms with Crippen molar-refractivity contribution in [2.45, 2.75) is 85.0 Å². The Morgan fingerprint density at radius 2 is 1.58 bits per heavy atom. The van der Waals surface area contributed by atoms with E-state index in [-0.39, 0.29) is 5.75 Å². The van der Waals surface area contributed by atoms with E-state index in [0.717, 1.165) is 5.56 Å². The third-order valence-electron chi connectivity index (χ3n) is 5.98. The molecule has 0 aliphatic rings. The molecule has 0 bridgehead atoms. The lowest BCUT2D eigenvalue weighted by Gasteiger charge is -2.44. The van der Waals surface area contributed by atoms with Gasteiger partial charge in [-0.1, -0.05) is 37.3 Å². The first-order valence-electron chi connectivity index (χ1n) is 12.1. The molecule has 0 saturated heterocycles. The maximum absolute atomic E-state index is 13.9. The molecule has 2 rings (SSSR count). The zero-order valence-electron chi connectivity index (χ0n) is 22.5. The fourth-order valence-corrected chi connectivity index (χ4v) is 3.69. The maximum Gasteiger partial charge on any atom is 0.408 e. The van der Waals surface area contributed by atoms with Crippen molar-refractivity contribution < 1.29 is 24.2 Å². The number of nitrogens with zero attached hydrogens (tertiary/aromatic N) is 1. The number of anilines is 1. The second-order valence-corrected chi connectivity index (χ2v) is 10.5. The number of alkyl carbamates (subject to hydrolysis) is 1. The normalized spacial score (nSPS) is 13.3. The van der Waals surface area contributed by atoms with E-state index in [0.29, 0.717) is 17.7 Å². The number of carbonyl (C=O) groups is 3. The average Bonchev–Trinajstić information content (AvgIpc) is 2.77. The first-order chi connectivity index (χ1) is 16.7. The SMILES string of the molecule is CCC(C)(C)N(C(=O)C(C)NC(=O)OC(C)(C)C)C(C(=O)Nc1ccccc1C)c1ccc(O)cc1. The third kappa shape index (κ3) is 7.47. The van der Waals surface area contributed by atoms with Crippen LogP contribution in [0.15, 0.2) is 48.5 Å². The van der Waals surface area contributed by atoms with E-state index in [1.165, 1.54) is 17.0 Å². The predicted molar refractivity (Wildman–Crippen MR) is 141 cm³/mol. The van der Waals surface area contributed by atoms with Crippen LogP contribution in [0.5, 0.6) is 5.75 Å². The number of amides is 3. The smallest absolute Gasteiger partial charge is 0.408 e. The van der Waals surface area contributed by atoms with Crippen molar-refractivity contribution in [1.29, 1.82) is 0 Å². The molecule has 2 aromatic rings. The molecule has 3 N–H and O–H groups in total. The number of aryl methyl sites for hydroxylation is 1. The lowest BCUT2D eigenvalue weighted by molar-refractivity contribution is -0.147. The molecular formula is C28H39N3O5. The Hall–Kier alpha value is -3.55. The van der Waals surface area contributed by atoms with Crippen LogP contribution in [0.2, 0.25) is 0 Å². The van der Waals surface area contributed by atoms with E-state index in [4.69, 9.17) is 4.74 Å². The van der Waals surface area contributed by atoms with Crippen LogP contribution in [-0.4, -0.2) is 45.1 Å². The summed E-state index contributed by atoms with van der Waals surface area (Å²) in [5.41, 5.74) is 0.554. The average molecular weight is 498 g/mol. The van der Waals surface area contributed by atoms with Gasteiger partial charge in [-0.25, -0.2) is 4.79 Å². The van der Waals surface area contributed by atoms with E-state index >= 15 is 0 Å². The number of aromatic hydroxyl groups is 1. The second kappa shape index (κ2) is 11.5. The summed E-state index contributed by atoms with van der Waals surface area (Å²) in [4.78, 5) is 41.6. The molecule has 0 spiro atoms. The van der Waals surface area contributed by atoms with Crippen molar-refractivity contribution in [3.63, 3.8) is 0 Å². The number of hydrogen-bond donors (Lipinski definition) is 3. The largest absolute Gasteiger partial charge is 0.508 e. The molecule has 196 valence electrons. The van der Waals surface area contributed by atoms with E-state index < -0.39 is 41.1 Å². The summed E-state index contributed by atoms with van der Waals surface area (Å²) < 4.78 is 5.32. The van der Waals surface area contributed by atoms with Crippen LogP contribution in [-0.2, 0) is 14.3 Å². The topological polar surface area (TPSA) is 108 Å². The highest BCUT2D eigenvalue weighted by Gasteiger charge is 2.42. The summed E-state index contributed by atoms with van der Waals surface area (Å²) in [5, 5.41) is 15.4. The van der Waals surface area contributed by atoms with Gasteiger partial charge in [0.05, 0.1) is 0 Å². The van der Waals surface area contributed by atoms with Crippen molar-refractivity contribution >= 4 is 23.6 Å². The number of phenols is 1.